The summed E-state index contributed by atoms with van der Waals surface area (Å²) in [5.41, 5.74) is 5.33. The number of nitrogens with one attached hydrogen (secondary N) is 1. The van der Waals surface area contributed by atoms with Crippen LogP contribution in [0.2, 0.25) is 0 Å². The number of anilines is 1. The Bertz CT molecular complexity index is 1230. The zero-order valence-electron chi connectivity index (χ0n) is 20.6. The molecule has 0 bridgehead atoms. The van der Waals surface area contributed by atoms with Crippen molar-refractivity contribution in [3.8, 4) is 0 Å². The number of benzene rings is 3. The fourth-order valence-electron chi connectivity index (χ4n) is 4.39. The molecule has 0 saturated heterocycles. The second-order valence-electron chi connectivity index (χ2n) is 8.90. The van der Waals surface area contributed by atoms with E-state index in [0.29, 0.717) is 23.0 Å². The Morgan fingerprint density at radius 1 is 1.03 bits per heavy atom. The smallest absolute Gasteiger partial charge is 0.337 e. The molecule has 0 spiro atoms. The van der Waals surface area contributed by atoms with Gasteiger partial charge in [0.25, 0.3) is 0 Å². The molecule has 1 N–H and O–H groups in total. The molecule has 0 saturated carbocycles. The molecule has 0 fully saturated rings. The molecule has 4 rings (SSSR count). The minimum Gasteiger partial charge on any atom is -0.465 e. The number of carbonyl (C=O) groups is 2. The second kappa shape index (κ2) is 10.7. The van der Waals surface area contributed by atoms with Gasteiger partial charge in [0, 0.05) is 18.3 Å². The van der Waals surface area contributed by atoms with Gasteiger partial charge in [0.15, 0.2) is 0 Å². The standard InChI is InChI=1S/C29H31N3O3/c1-5-32(19(2)3)18-20-11-14-23(15-12-20)30-27(21-9-7-6-8-10-21)26-24-16-13-22(29(34)35-4)17-25(24)31-28(26)33/h6-17,19,26H,5,18H2,1-4H3,(H,31,33). The van der Waals surface area contributed by atoms with Crippen molar-refractivity contribution in [2.75, 3.05) is 19.0 Å². The molecule has 180 valence electrons. The highest BCUT2D eigenvalue weighted by molar-refractivity contribution is 6.24. The highest BCUT2D eigenvalue weighted by Gasteiger charge is 2.36. The van der Waals surface area contributed by atoms with Gasteiger partial charge in [0.05, 0.1) is 24.1 Å². The van der Waals surface area contributed by atoms with Crippen molar-refractivity contribution < 1.29 is 14.3 Å². The third-order valence-corrected chi connectivity index (χ3v) is 6.36. The van der Waals surface area contributed by atoms with Gasteiger partial charge >= 0.3 is 5.97 Å². The summed E-state index contributed by atoms with van der Waals surface area (Å²) in [6.07, 6.45) is 0. The molecule has 1 atom stereocenters. The lowest BCUT2D eigenvalue weighted by Gasteiger charge is -2.24. The van der Waals surface area contributed by atoms with E-state index < -0.39 is 11.9 Å². The molecule has 6 nitrogen and oxygen atoms in total. The monoisotopic (exact) mass is 469 g/mol. The van der Waals surface area contributed by atoms with Crippen molar-refractivity contribution in [3.63, 3.8) is 0 Å². The van der Waals surface area contributed by atoms with Crippen molar-refractivity contribution in [1.29, 1.82) is 0 Å². The molecule has 0 aliphatic carbocycles. The number of rotatable bonds is 8. The van der Waals surface area contributed by atoms with Crippen molar-refractivity contribution in [2.24, 2.45) is 4.99 Å². The van der Waals surface area contributed by atoms with Crippen LogP contribution in [-0.4, -0.2) is 42.2 Å². The number of hydrogen-bond acceptors (Lipinski definition) is 5. The number of amides is 1. The maximum atomic E-state index is 13.1. The van der Waals surface area contributed by atoms with Crippen LogP contribution >= 0.6 is 0 Å². The molecule has 1 amide bonds. The number of nitrogens with zero attached hydrogens (tertiary/aromatic N) is 2. The maximum absolute atomic E-state index is 13.1. The van der Waals surface area contributed by atoms with Crippen molar-refractivity contribution in [3.05, 3.63) is 95.1 Å². The lowest BCUT2D eigenvalue weighted by atomic mass is 9.90. The van der Waals surface area contributed by atoms with Crippen molar-refractivity contribution >= 4 is 29.0 Å². The van der Waals surface area contributed by atoms with Crippen LogP contribution in [0, 0.1) is 0 Å². The molecule has 1 unspecified atom stereocenters. The third-order valence-electron chi connectivity index (χ3n) is 6.36. The Labute approximate surface area is 206 Å². The fraction of sp³-hybridized carbons (Fsp3) is 0.276. The van der Waals surface area contributed by atoms with Crippen LogP contribution in [0.4, 0.5) is 11.4 Å². The normalized spacial score (nSPS) is 15.3. The molecule has 0 aromatic heterocycles. The van der Waals surface area contributed by atoms with Gasteiger partial charge in [-0.15, -0.1) is 0 Å². The van der Waals surface area contributed by atoms with Crippen LogP contribution in [0.3, 0.4) is 0 Å². The van der Waals surface area contributed by atoms with Crippen LogP contribution in [0.15, 0.2) is 77.8 Å². The summed E-state index contributed by atoms with van der Waals surface area (Å²) >= 11 is 0. The van der Waals surface area contributed by atoms with Crippen molar-refractivity contribution in [1.82, 2.24) is 4.90 Å². The molecule has 3 aromatic carbocycles. The average molecular weight is 470 g/mol. The first-order valence-corrected chi connectivity index (χ1v) is 11.9. The molecule has 6 heteroatoms. The predicted octanol–water partition coefficient (Wildman–Crippen LogP) is 5.56. The average Bonchev–Trinajstić information content (AvgIpc) is 3.21. The van der Waals surface area contributed by atoms with Crippen LogP contribution < -0.4 is 5.32 Å². The number of carbonyl (C=O) groups excluding carboxylic acids is 2. The van der Waals surface area contributed by atoms with Crippen LogP contribution in [0.25, 0.3) is 0 Å². The number of aliphatic imine (C=N–C) groups is 1. The molecule has 1 aliphatic rings. The minimum absolute atomic E-state index is 0.170. The number of esters is 1. The number of methoxy groups -OCH3 is 1. The highest BCUT2D eigenvalue weighted by Crippen LogP contribution is 2.37. The Balaban J connectivity index is 1.71. The molecule has 3 aromatic rings. The van der Waals surface area contributed by atoms with Gasteiger partial charge in [-0.2, -0.15) is 0 Å². The molecule has 35 heavy (non-hydrogen) atoms. The largest absolute Gasteiger partial charge is 0.465 e. The SMILES string of the molecule is CCN(Cc1ccc(N=C(c2ccccc2)C2C(=O)Nc3cc(C(=O)OC)ccc32)cc1)C(C)C. The summed E-state index contributed by atoms with van der Waals surface area (Å²) < 4.78 is 4.82. The summed E-state index contributed by atoms with van der Waals surface area (Å²) in [4.78, 5) is 32.5. The van der Waals surface area contributed by atoms with E-state index in [2.05, 4.69) is 43.1 Å². The lowest BCUT2D eigenvalue weighted by molar-refractivity contribution is -0.115. The molecule has 0 radical (unpaired) electrons. The van der Waals surface area contributed by atoms with E-state index >= 15 is 0 Å². The number of fused-ring (bicyclic) bond motifs is 1. The minimum atomic E-state index is -0.588. The number of ether oxygens (including phenoxy) is 1. The fourth-order valence-corrected chi connectivity index (χ4v) is 4.39. The highest BCUT2D eigenvalue weighted by atomic mass is 16.5. The van der Waals surface area contributed by atoms with Gasteiger partial charge in [-0.1, -0.05) is 55.5 Å². The molecule has 1 aliphatic heterocycles. The van der Waals surface area contributed by atoms with Gasteiger partial charge in [-0.05, 0) is 61.3 Å². The zero-order chi connectivity index (χ0) is 24.9. The Morgan fingerprint density at radius 3 is 2.37 bits per heavy atom. The zero-order valence-corrected chi connectivity index (χ0v) is 20.6. The van der Waals surface area contributed by atoms with Gasteiger partial charge in [0.2, 0.25) is 5.91 Å². The third kappa shape index (κ3) is 5.33. The summed E-state index contributed by atoms with van der Waals surface area (Å²) in [5, 5.41) is 2.92. The Morgan fingerprint density at radius 2 is 1.74 bits per heavy atom. The van der Waals surface area contributed by atoms with E-state index in [1.807, 2.05) is 42.5 Å². The van der Waals surface area contributed by atoms with Crippen molar-refractivity contribution in [2.45, 2.75) is 39.3 Å². The maximum Gasteiger partial charge on any atom is 0.337 e. The van der Waals surface area contributed by atoms with E-state index in [-0.39, 0.29) is 5.91 Å². The molecule has 1 heterocycles. The Kier molecular flexibility index (Phi) is 7.42. The summed E-state index contributed by atoms with van der Waals surface area (Å²) in [7, 11) is 1.34. The Hall–Kier alpha value is -3.77. The van der Waals surface area contributed by atoms with E-state index in [1.165, 1.54) is 12.7 Å². The summed E-state index contributed by atoms with van der Waals surface area (Å²) in [5.74, 6) is -1.20. The van der Waals surface area contributed by atoms with Gasteiger partial charge in [-0.25, -0.2) is 4.79 Å². The number of hydrogen-bond donors (Lipinski definition) is 1. The topological polar surface area (TPSA) is 71.0 Å². The summed E-state index contributed by atoms with van der Waals surface area (Å²) in [6, 6.07) is 23.5. The van der Waals surface area contributed by atoms with Gasteiger partial charge < -0.3 is 10.1 Å². The summed E-state index contributed by atoms with van der Waals surface area (Å²) in [6.45, 7) is 8.44. The predicted molar refractivity (Wildman–Crippen MR) is 139 cm³/mol. The second-order valence-corrected chi connectivity index (χ2v) is 8.90. The van der Waals surface area contributed by atoms with Crippen LogP contribution in [0.1, 0.15) is 53.7 Å². The van der Waals surface area contributed by atoms with Crippen LogP contribution in [0.5, 0.6) is 0 Å². The van der Waals surface area contributed by atoms with Crippen LogP contribution in [-0.2, 0) is 16.1 Å². The quantitative estimate of drug-likeness (QED) is 0.346. The van der Waals surface area contributed by atoms with E-state index in [9.17, 15) is 9.59 Å². The van der Waals surface area contributed by atoms with Gasteiger partial charge in [0.1, 0.15) is 5.92 Å². The van der Waals surface area contributed by atoms with E-state index in [0.717, 1.165) is 29.9 Å². The molecular formula is C29H31N3O3. The van der Waals surface area contributed by atoms with E-state index in [4.69, 9.17) is 9.73 Å². The lowest BCUT2D eigenvalue weighted by Crippen LogP contribution is -2.29. The first kappa shape index (κ1) is 24.4. The van der Waals surface area contributed by atoms with Gasteiger partial charge in [-0.3, -0.25) is 14.7 Å². The molecular weight excluding hydrogens is 438 g/mol. The first-order chi connectivity index (χ1) is 16.9. The first-order valence-electron chi connectivity index (χ1n) is 11.9. The van der Waals surface area contributed by atoms with E-state index in [1.54, 1.807) is 18.2 Å².